The fourth-order valence-electron chi connectivity index (χ4n) is 2.42. The zero-order chi connectivity index (χ0) is 17.8. The smallest absolute Gasteiger partial charge is 0.232 e. The Labute approximate surface area is 149 Å². The molecule has 9 heteroatoms. The van der Waals surface area contributed by atoms with E-state index in [2.05, 4.69) is 15.1 Å². The predicted molar refractivity (Wildman–Crippen MR) is 93.8 cm³/mol. The summed E-state index contributed by atoms with van der Waals surface area (Å²) >= 11 is 1.29. The van der Waals surface area contributed by atoms with Crippen LogP contribution in [0.3, 0.4) is 0 Å². The summed E-state index contributed by atoms with van der Waals surface area (Å²) in [6.07, 6.45) is 0. The molecule has 0 N–H and O–H groups in total. The third-order valence-corrected chi connectivity index (χ3v) is 4.71. The molecule has 1 aliphatic rings. The number of morpholine rings is 1. The zero-order valence-corrected chi connectivity index (χ0v) is 15.0. The predicted octanol–water partition coefficient (Wildman–Crippen LogP) is 1.42. The molecule has 1 saturated heterocycles. The Morgan fingerprint density at radius 3 is 2.76 bits per heavy atom. The molecule has 25 heavy (non-hydrogen) atoms. The zero-order valence-electron chi connectivity index (χ0n) is 14.2. The van der Waals surface area contributed by atoms with Crippen molar-refractivity contribution >= 4 is 23.6 Å². The summed E-state index contributed by atoms with van der Waals surface area (Å²) in [5.41, 5.74) is 0.631. The molecule has 1 amide bonds. The number of hydrogen-bond acceptors (Lipinski definition) is 6. The highest BCUT2D eigenvalue weighted by Crippen LogP contribution is 2.27. The summed E-state index contributed by atoms with van der Waals surface area (Å²) in [6.45, 7) is 2.60. The van der Waals surface area contributed by atoms with Crippen LogP contribution in [0.4, 0.5) is 10.3 Å². The highest BCUT2D eigenvalue weighted by atomic mass is 32.2. The maximum absolute atomic E-state index is 13.7. The van der Waals surface area contributed by atoms with Crippen LogP contribution >= 0.6 is 11.8 Å². The Morgan fingerprint density at radius 2 is 2.08 bits per heavy atom. The van der Waals surface area contributed by atoms with Gasteiger partial charge in [-0.25, -0.2) is 4.39 Å². The van der Waals surface area contributed by atoms with E-state index in [9.17, 15) is 9.18 Å². The minimum absolute atomic E-state index is 0.0216. The minimum Gasteiger partial charge on any atom is -0.378 e. The van der Waals surface area contributed by atoms with Crippen molar-refractivity contribution in [3.05, 3.63) is 30.1 Å². The molecule has 1 fully saturated rings. The first-order valence-corrected chi connectivity index (χ1v) is 8.92. The Morgan fingerprint density at radius 1 is 1.32 bits per heavy atom. The van der Waals surface area contributed by atoms with Crippen molar-refractivity contribution in [2.24, 2.45) is 0 Å². The average Bonchev–Trinajstić information content (AvgIpc) is 3.04. The van der Waals surface area contributed by atoms with Gasteiger partial charge >= 0.3 is 0 Å². The summed E-state index contributed by atoms with van der Waals surface area (Å²) < 4.78 is 20.9. The van der Waals surface area contributed by atoms with Gasteiger partial charge in [-0.05, 0) is 18.2 Å². The van der Waals surface area contributed by atoms with E-state index in [1.54, 1.807) is 30.8 Å². The maximum Gasteiger partial charge on any atom is 0.232 e. The standard InChI is InChI=1S/C16H20FN5O2S/c1-20(2)14(23)11-25-16-19-18-15(21-6-8-24-9-7-21)22(16)13-5-3-4-12(17)10-13/h3-5,10H,6-9,11H2,1-2H3. The number of hydrogen-bond donors (Lipinski definition) is 0. The number of halogens is 1. The largest absolute Gasteiger partial charge is 0.378 e. The molecule has 2 aromatic rings. The third kappa shape index (κ3) is 4.10. The van der Waals surface area contributed by atoms with E-state index in [-0.39, 0.29) is 17.5 Å². The van der Waals surface area contributed by atoms with Gasteiger partial charge in [-0.15, -0.1) is 10.2 Å². The van der Waals surface area contributed by atoms with Crippen LogP contribution in [-0.4, -0.2) is 71.7 Å². The van der Waals surface area contributed by atoms with Gasteiger partial charge in [-0.1, -0.05) is 17.8 Å². The summed E-state index contributed by atoms with van der Waals surface area (Å²) in [5, 5.41) is 9.07. The van der Waals surface area contributed by atoms with Gasteiger partial charge in [0, 0.05) is 27.2 Å². The Balaban J connectivity index is 1.94. The molecule has 0 atom stereocenters. The van der Waals surface area contributed by atoms with Crippen molar-refractivity contribution in [3.8, 4) is 5.69 Å². The van der Waals surface area contributed by atoms with E-state index < -0.39 is 0 Å². The van der Waals surface area contributed by atoms with Gasteiger partial charge in [0.2, 0.25) is 11.9 Å². The van der Waals surface area contributed by atoms with Gasteiger partial charge in [0.1, 0.15) is 5.82 Å². The number of aromatic nitrogens is 3. The van der Waals surface area contributed by atoms with E-state index in [4.69, 9.17) is 4.74 Å². The van der Waals surface area contributed by atoms with Crippen LogP contribution < -0.4 is 4.90 Å². The molecular formula is C16H20FN5O2S. The number of anilines is 1. The monoisotopic (exact) mass is 365 g/mol. The van der Waals surface area contributed by atoms with Gasteiger partial charge in [-0.2, -0.15) is 0 Å². The van der Waals surface area contributed by atoms with Crippen LogP contribution in [0.5, 0.6) is 0 Å². The first kappa shape index (κ1) is 17.7. The second kappa shape index (κ2) is 7.83. The van der Waals surface area contributed by atoms with E-state index in [1.165, 1.54) is 28.8 Å². The van der Waals surface area contributed by atoms with Crippen LogP contribution in [0.15, 0.2) is 29.4 Å². The van der Waals surface area contributed by atoms with Gasteiger partial charge in [0.05, 0.1) is 24.7 Å². The normalized spacial score (nSPS) is 14.6. The first-order chi connectivity index (χ1) is 12.1. The molecule has 134 valence electrons. The topological polar surface area (TPSA) is 63.5 Å². The van der Waals surface area contributed by atoms with Crippen molar-refractivity contribution in [2.75, 3.05) is 51.1 Å². The third-order valence-electron chi connectivity index (χ3n) is 3.80. The van der Waals surface area contributed by atoms with Gasteiger partial charge < -0.3 is 14.5 Å². The highest BCUT2D eigenvalue weighted by Gasteiger charge is 2.22. The molecule has 3 rings (SSSR count). The van der Waals surface area contributed by atoms with Crippen molar-refractivity contribution in [1.29, 1.82) is 0 Å². The molecule has 1 aromatic heterocycles. The highest BCUT2D eigenvalue weighted by molar-refractivity contribution is 7.99. The van der Waals surface area contributed by atoms with E-state index >= 15 is 0 Å². The van der Waals surface area contributed by atoms with Crippen molar-refractivity contribution < 1.29 is 13.9 Å². The maximum atomic E-state index is 13.7. The summed E-state index contributed by atoms with van der Waals surface area (Å²) in [4.78, 5) is 15.5. The number of rotatable bonds is 5. The SMILES string of the molecule is CN(C)C(=O)CSc1nnc(N2CCOCC2)n1-c1cccc(F)c1. The number of carbonyl (C=O) groups excluding carboxylic acids is 1. The minimum atomic E-state index is -0.334. The van der Waals surface area contributed by atoms with E-state index in [1.807, 2.05) is 0 Å². The summed E-state index contributed by atoms with van der Waals surface area (Å²) in [6, 6.07) is 6.27. The van der Waals surface area contributed by atoms with E-state index in [0.29, 0.717) is 43.1 Å². The molecule has 1 aliphatic heterocycles. The lowest BCUT2D eigenvalue weighted by atomic mass is 10.3. The van der Waals surface area contributed by atoms with Crippen LogP contribution in [0.2, 0.25) is 0 Å². The summed E-state index contributed by atoms with van der Waals surface area (Å²) in [7, 11) is 3.42. The molecule has 0 spiro atoms. The van der Waals surface area contributed by atoms with Gasteiger partial charge in [0.15, 0.2) is 5.16 Å². The molecule has 7 nitrogen and oxygen atoms in total. The molecule has 2 heterocycles. The van der Waals surface area contributed by atoms with Crippen LogP contribution in [0, 0.1) is 5.82 Å². The molecule has 0 radical (unpaired) electrons. The second-order valence-corrected chi connectivity index (χ2v) is 6.72. The molecule has 0 saturated carbocycles. The number of amides is 1. The van der Waals surface area contributed by atoms with E-state index in [0.717, 1.165) is 0 Å². The fraction of sp³-hybridized carbons (Fsp3) is 0.438. The number of ether oxygens (including phenoxy) is 1. The lowest BCUT2D eigenvalue weighted by Gasteiger charge is -2.27. The van der Waals surface area contributed by atoms with Gasteiger partial charge in [0.25, 0.3) is 0 Å². The number of nitrogens with zero attached hydrogens (tertiary/aromatic N) is 5. The molecule has 0 bridgehead atoms. The Kier molecular flexibility index (Phi) is 5.54. The molecule has 0 aliphatic carbocycles. The summed E-state index contributed by atoms with van der Waals surface area (Å²) in [5.74, 6) is 0.517. The number of benzene rings is 1. The fourth-order valence-corrected chi connectivity index (χ4v) is 3.35. The number of thioether (sulfide) groups is 1. The van der Waals surface area contributed by atoms with Crippen LogP contribution in [-0.2, 0) is 9.53 Å². The Hall–Kier alpha value is -2.13. The lowest BCUT2D eigenvalue weighted by Crippen LogP contribution is -2.37. The molecular weight excluding hydrogens is 345 g/mol. The van der Waals surface area contributed by atoms with Gasteiger partial charge in [-0.3, -0.25) is 9.36 Å². The Bertz CT molecular complexity index is 746. The van der Waals surface area contributed by atoms with Crippen LogP contribution in [0.25, 0.3) is 5.69 Å². The number of carbonyl (C=O) groups is 1. The van der Waals surface area contributed by atoms with Crippen LogP contribution in [0.1, 0.15) is 0 Å². The van der Waals surface area contributed by atoms with Crippen molar-refractivity contribution in [3.63, 3.8) is 0 Å². The first-order valence-electron chi connectivity index (χ1n) is 7.93. The quantitative estimate of drug-likeness (QED) is 0.747. The van der Waals surface area contributed by atoms with Crippen molar-refractivity contribution in [1.82, 2.24) is 19.7 Å². The average molecular weight is 365 g/mol. The second-order valence-electron chi connectivity index (χ2n) is 5.77. The lowest BCUT2D eigenvalue weighted by molar-refractivity contribution is -0.125. The molecule has 0 unspecified atom stereocenters. The van der Waals surface area contributed by atoms with Crippen molar-refractivity contribution in [2.45, 2.75) is 5.16 Å². The molecule has 1 aromatic carbocycles.